The van der Waals surface area contributed by atoms with Gasteiger partial charge in [-0.2, -0.15) is 11.8 Å². The van der Waals surface area contributed by atoms with E-state index in [0.717, 1.165) is 11.1 Å². The summed E-state index contributed by atoms with van der Waals surface area (Å²) in [5.41, 5.74) is -0.691. The van der Waals surface area contributed by atoms with Gasteiger partial charge in [0.05, 0.1) is 36.4 Å². The lowest BCUT2D eigenvalue weighted by Gasteiger charge is -2.42. The number of anilines is 1. The quantitative estimate of drug-likeness (QED) is 0.209. The van der Waals surface area contributed by atoms with Crippen LogP contribution in [-0.2, 0) is 41.6 Å². The fraction of sp³-hybridized carbons (Fsp3) is 0.632. The number of ether oxygens (including phenoxy) is 3. The summed E-state index contributed by atoms with van der Waals surface area (Å²) in [5, 5.41) is 35.2. The molecule has 0 radical (unpaired) electrons. The van der Waals surface area contributed by atoms with Crippen molar-refractivity contribution in [3.63, 3.8) is 0 Å². The number of aliphatic hydroxyl groups is 3. The number of halogens is 1. The number of carbonyl (C=O) groups is 4. The fourth-order valence-electron chi connectivity index (χ4n) is 6.86. The van der Waals surface area contributed by atoms with Gasteiger partial charge in [0.1, 0.15) is 23.9 Å². The second kappa shape index (κ2) is 17.5. The van der Waals surface area contributed by atoms with Gasteiger partial charge >= 0.3 is 12.1 Å². The van der Waals surface area contributed by atoms with E-state index >= 15 is 0 Å². The first-order chi connectivity index (χ1) is 24.8. The average molecular weight is 780 g/mol. The molecule has 3 heterocycles. The van der Waals surface area contributed by atoms with Crippen molar-refractivity contribution in [3.05, 3.63) is 52.1 Å². The summed E-state index contributed by atoms with van der Waals surface area (Å²) >= 11 is 8.36. The topological polar surface area (TPSA) is 178 Å². The predicted octanol–water partition coefficient (Wildman–Crippen LogP) is 4.12. The van der Waals surface area contributed by atoms with Gasteiger partial charge in [0, 0.05) is 44.5 Å². The maximum absolute atomic E-state index is 14.1. The highest BCUT2D eigenvalue weighted by atomic mass is 35.5. The number of amides is 3. The van der Waals surface area contributed by atoms with E-state index in [9.17, 15) is 34.5 Å². The SMILES string of the molecule is C/C1=C\C=C\[C@@H](CO)[C@@]2(O)C[C@H](OC(=O)N2)[C@@H](C)[C@@H]2O[C@@]2(C)[C@@H](OC(=O)[C@@H](C)N(C)C(=O)CCSC(C)C)CC(=O)N(C)c2cc(cc(CO)c2Cl)C1. The van der Waals surface area contributed by atoms with Crippen molar-refractivity contribution in [2.45, 2.75) is 115 Å². The highest BCUT2D eigenvalue weighted by molar-refractivity contribution is 7.99. The zero-order valence-corrected chi connectivity index (χ0v) is 33.3. The molecule has 4 rings (SSSR count). The van der Waals surface area contributed by atoms with Gasteiger partial charge in [-0.25, -0.2) is 9.59 Å². The Balaban J connectivity index is 1.73. The van der Waals surface area contributed by atoms with Crippen LogP contribution in [0.5, 0.6) is 0 Å². The molecule has 4 N–H and O–H groups in total. The number of thioether (sulfide) groups is 1. The number of rotatable bonds is 9. The zero-order valence-electron chi connectivity index (χ0n) is 31.8. The van der Waals surface area contributed by atoms with Crippen LogP contribution >= 0.6 is 23.4 Å². The van der Waals surface area contributed by atoms with Crippen LogP contribution in [0.2, 0.25) is 5.02 Å². The van der Waals surface area contributed by atoms with Gasteiger partial charge in [-0.1, -0.05) is 62.2 Å². The highest BCUT2D eigenvalue weighted by Crippen LogP contribution is 2.49. The number of nitrogens with zero attached hydrogens (tertiary/aromatic N) is 2. The predicted molar refractivity (Wildman–Crippen MR) is 202 cm³/mol. The Morgan fingerprint density at radius 1 is 1.23 bits per heavy atom. The van der Waals surface area contributed by atoms with E-state index in [1.807, 2.05) is 26.8 Å². The van der Waals surface area contributed by atoms with Crippen LogP contribution in [0.4, 0.5) is 10.5 Å². The van der Waals surface area contributed by atoms with Crippen molar-refractivity contribution in [1.29, 1.82) is 0 Å². The number of carbonyl (C=O) groups excluding carboxylic acids is 4. The van der Waals surface area contributed by atoms with Crippen LogP contribution < -0.4 is 10.2 Å². The molecular weight excluding hydrogens is 726 g/mol. The highest BCUT2D eigenvalue weighted by Gasteiger charge is 2.64. The molecule has 15 heteroatoms. The molecule has 2 fully saturated rings. The molecule has 4 bridgehead atoms. The molecule has 0 saturated carbocycles. The summed E-state index contributed by atoms with van der Waals surface area (Å²) < 4.78 is 17.9. The van der Waals surface area contributed by atoms with Crippen molar-refractivity contribution in [2.24, 2.45) is 11.8 Å². The Morgan fingerprint density at radius 2 is 1.92 bits per heavy atom. The zero-order chi connectivity index (χ0) is 39.4. The lowest BCUT2D eigenvalue weighted by Crippen LogP contribution is -2.62. The van der Waals surface area contributed by atoms with E-state index < -0.39 is 72.1 Å². The van der Waals surface area contributed by atoms with Crippen molar-refractivity contribution in [2.75, 3.05) is 31.4 Å². The monoisotopic (exact) mass is 779 g/mol. The lowest BCUT2D eigenvalue weighted by atomic mass is 9.81. The molecule has 1 aromatic rings. The van der Waals surface area contributed by atoms with E-state index in [1.54, 1.807) is 63.9 Å². The molecule has 2 saturated heterocycles. The summed E-state index contributed by atoms with van der Waals surface area (Å²) in [7, 11) is 3.08. The third kappa shape index (κ3) is 9.95. The van der Waals surface area contributed by atoms with Crippen LogP contribution in [0.1, 0.15) is 71.9 Å². The standard InChI is InChI=1S/C38H54ClN3O10S/c1-21(2)53-13-12-31(45)41(7)24(5)35(47)51-30-17-32(46)42(8)28-16-25(15-26(19-43)33(28)39)14-22(3)10-9-11-27(20-44)38(49)18-29(50-36(48)40-38)23(4)34-37(30,6)52-34/h9-11,15-16,21,23-24,27,29-30,34,43-44,49H,12-14,17-20H2,1-8H3,(H,40,48)/b11-9+,22-10+/t23-,24-,27+,29+,30+,34+,37+,38+/m1/s1. The second-order valence-corrected chi connectivity index (χ2v) is 16.9. The van der Waals surface area contributed by atoms with Crippen LogP contribution in [-0.4, -0.2) is 111 Å². The molecule has 0 unspecified atom stereocenters. The summed E-state index contributed by atoms with van der Waals surface area (Å²) in [4.78, 5) is 56.3. The molecule has 3 aliphatic heterocycles. The summed E-state index contributed by atoms with van der Waals surface area (Å²) in [6.45, 7) is 10.1. The molecule has 294 valence electrons. The number of aliphatic hydroxyl groups excluding tert-OH is 2. The van der Waals surface area contributed by atoms with Crippen LogP contribution in [0.25, 0.3) is 0 Å². The minimum atomic E-state index is -1.86. The van der Waals surface area contributed by atoms with Gasteiger partial charge in [-0.15, -0.1) is 0 Å². The Bertz CT molecular complexity index is 1610. The van der Waals surface area contributed by atoms with Crippen LogP contribution in [0.3, 0.4) is 0 Å². The normalized spacial score (nSPS) is 31.4. The van der Waals surface area contributed by atoms with Crippen LogP contribution in [0, 0.1) is 11.8 Å². The number of alkyl carbamates (subject to hydrolysis) is 1. The van der Waals surface area contributed by atoms with Crippen molar-refractivity contribution >= 4 is 52.9 Å². The first-order valence-electron chi connectivity index (χ1n) is 17.9. The van der Waals surface area contributed by atoms with Gasteiger partial charge in [-0.3, -0.25) is 14.9 Å². The van der Waals surface area contributed by atoms with Crippen molar-refractivity contribution in [3.8, 4) is 0 Å². The number of nitrogens with one attached hydrogen (secondary N) is 1. The maximum atomic E-state index is 14.1. The molecule has 0 spiro atoms. The first-order valence-corrected chi connectivity index (χ1v) is 19.4. The van der Waals surface area contributed by atoms with Crippen LogP contribution in [0.15, 0.2) is 35.9 Å². The molecule has 8 atom stereocenters. The fourth-order valence-corrected chi connectivity index (χ4v) is 7.92. The van der Waals surface area contributed by atoms with E-state index in [2.05, 4.69) is 5.32 Å². The number of epoxide rings is 1. The number of likely N-dealkylation sites (N-methyl/N-ethyl adjacent to an activating group) is 1. The Hall–Kier alpha value is -3.14. The van der Waals surface area contributed by atoms with Gasteiger partial charge in [0.25, 0.3) is 0 Å². The third-order valence-corrected chi connectivity index (χ3v) is 12.0. The summed E-state index contributed by atoms with van der Waals surface area (Å²) in [6.07, 6.45) is 1.75. The van der Waals surface area contributed by atoms with Gasteiger partial charge < -0.3 is 39.3 Å². The first kappa shape index (κ1) is 42.6. The number of esters is 1. The van der Waals surface area contributed by atoms with E-state index in [1.165, 1.54) is 16.8 Å². The summed E-state index contributed by atoms with van der Waals surface area (Å²) in [5.74, 6) is -2.27. The number of fused-ring (bicyclic) bond motifs is 5. The third-order valence-electron chi connectivity index (χ3n) is 10.5. The Morgan fingerprint density at radius 3 is 2.57 bits per heavy atom. The molecular formula is C38H54ClN3O10S. The molecule has 13 nitrogen and oxygen atoms in total. The Kier molecular flexibility index (Phi) is 14.1. The minimum absolute atomic E-state index is 0.0897. The molecule has 3 aliphatic rings. The molecule has 53 heavy (non-hydrogen) atoms. The number of hydrogen-bond donors (Lipinski definition) is 4. The van der Waals surface area contributed by atoms with E-state index in [4.69, 9.17) is 25.8 Å². The number of benzene rings is 1. The molecule has 1 aromatic carbocycles. The molecule has 0 aliphatic carbocycles. The molecule has 0 aromatic heterocycles. The minimum Gasteiger partial charge on any atom is -0.457 e. The van der Waals surface area contributed by atoms with Crippen molar-refractivity contribution in [1.82, 2.24) is 10.2 Å². The number of allylic oxidation sites excluding steroid dienone is 3. The van der Waals surface area contributed by atoms with Gasteiger partial charge in [0.2, 0.25) is 11.8 Å². The average Bonchev–Trinajstić information content (AvgIpc) is 3.79. The lowest BCUT2D eigenvalue weighted by molar-refractivity contribution is -0.161. The smallest absolute Gasteiger partial charge is 0.409 e. The maximum Gasteiger partial charge on any atom is 0.409 e. The number of hydrogen-bond acceptors (Lipinski definition) is 11. The van der Waals surface area contributed by atoms with Crippen molar-refractivity contribution < 1.29 is 48.7 Å². The second-order valence-electron chi connectivity index (χ2n) is 14.8. The van der Waals surface area contributed by atoms with E-state index in [-0.39, 0.29) is 36.8 Å². The van der Waals surface area contributed by atoms with Gasteiger partial charge in [-0.05, 0) is 49.6 Å². The van der Waals surface area contributed by atoms with E-state index in [0.29, 0.717) is 28.7 Å². The largest absolute Gasteiger partial charge is 0.457 e. The Labute approximate surface area is 321 Å². The molecule has 3 amide bonds. The summed E-state index contributed by atoms with van der Waals surface area (Å²) in [6, 6.07) is 2.53. The van der Waals surface area contributed by atoms with Gasteiger partial charge in [0.15, 0.2) is 5.72 Å².